The first kappa shape index (κ1) is 11.5. The van der Waals surface area contributed by atoms with Crippen LogP contribution in [0.15, 0.2) is 16.6 Å². The average molecular weight is 295 g/mol. The average Bonchev–Trinajstić information content (AvgIpc) is 2.52. The highest BCUT2D eigenvalue weighted by Gasteiger charge is 2.40. The maximum Gasteiger partial charge on any atom is 0.0547 e. The Hall–Kier alpha value is -0.540. The van der Waals surface area contributed by atoms with Gasteiger partial charge in [0.25, 0.3) is 0 Å². The van der Waals surface area contributed by atoms with Gasteiger partial charge in [-0.05, 0) is 60.1 Å². The molecule has 1 aromatic carbocycles. The minimum Gasteiger partial charge on any atom is -0.370 e. The molecule has 0 aliphatic carbocycles. The van der Waals surface area contributed by atoms with Gasteiger partial charge in [-0.15, -0.1) is 0 Å². The minimum atomic E-state index is 0.685. The van der Waals surface area contributed by atoms with Crippen molar-refractivity contribution in [2.75, 3.05) is 32.1 Å². The third-order valence-electron chi connectivity index (χ3n) is 4.27. The summed E-state index contributed by atoms with van der Waals surface area (Å²) in [4.78, 5) is 4.94. The van der Waals surface area contributed by atoms with Crippen molar-refractivity contribution in [3.63, 3.8) is 0 Å². The van der Waals surface area contributed by atoms with Crippen LogP contribution in [0, 0.1) is 6.92 Å². The zero-order valence-corrected chi connectivity index (χ0v) is 12.3. The van der Waals surface area contributed by atoms with Gasteiger partial charge in [-0.25, -0.2) is 0 Å². The molecule has 92 valence electrons. The van der Waals surface area contributed by atoms with Gasteiger partial charge in [0.2, 0.25) is 0 Å². The largest absolute Gasteiger partial charge is 0.370 e. The number of halogens is 1. The molecule has 3 rings (SSSR count). The number of benzene rings is 1. The molecule has 2 unspecified atom stereocenters. The Morgan fingerprint density at radius 2 is 2.06 bits per heavy atom. The smallest absolute Gasteiger partial charge is 0.0547 e. The summed E-state index contributed by atoms with van der Waals surface area (Å²) in [7, 11) is 4.48. The molecule has 1 aromatic rings. The van der Waals surface area contributed by atoms with Crippen molar-refractivity contribution in [3.05, 3.63) is 27.7 Å². The van der Waals surface area contributed by atoms with Crippen molar-refractivity contribution < 1.29 is 0 Å². The van der Waals surface area contributed by atoms with Crippen LogP contribution in [0.25, 0.3) is 0 Å². The van der Waals surface area contributed by atoms with Crippen LogP contribution in [0.4, 0.5) is 5.69 Å². The fourth-order valence-electron chi connectivity index (χ4n) is 3.45. The van der Waals surface area contributed by atoms with E-state index in [1.54, 1.807) is 0 Å². The number of likely N-dealkylation sites (N-methyl/N-ethyl adjacent to an activating group) is 2. The molecule has 1 fully saturated rings. The number of aryl methyl sites for hydroxylation is 1. The molecule has 3 heteroatoms. The first-order valence-electron chi connectivity index (χ1n) is 6.29. The number of likely N-dealkylation sites (tertiary alicyclic amines) is 1. The van der Waals surface area contributed by atoms with Crippen LogP contribution < -0.4 is 4.90 Å². The predicted molar refractivity (Wildman–Crippen MR) is 75.9 cm³/mol. The molecule has 0 spiro atoms. The van der Waals surface area contributed by atoms with Crippen molar-refractivity contribution in [2.45, 2.75) is 25.3 Å². The van der Waals surface area contributed by atoms with Crippen LogP contribution in [0.1, 0.15) is 23.5 Å². The quantitative estimate of drug-likeness (QED) is 0.726. The second kappa shape index (κ2) is 3.99. The van der Waals surface area contributed by atoms with Crippen LogP contribution in [0.2, 0.25) is 0 Å². The lowest BCUT2D eigenvalue weighted by Gasteiger charge is -2.35. The molecule has 0 aromatic heterocycles. The highest BCUT2D eigenvalue weighted by molar-refractivity contribution is 9.10. The first-order chi connectivity index (χ1) is 8.08. The van der Waals surface area contributed by atoms with Gasteiger partial charge in [-0.1, -0.05) is 6.07 Å². The van der Waals surface area contributed by atoms with E-state index in [0.717, 1.165) is 0 Å². The Morgan fingerprint density at radius 3 is 2.82 bits per heavy atom. The van der Waals surface area contributed by atoms with Gasteiger partial charge in [0.05, 0.1) is 5.69 Å². The summed E-state index contributed by atoms with van der Waals surface area (Å²) in [5.41, 5.74) is 4.31. The maximum atomic E-state index is 3.73. The summed E-state index contributed by atoms with van der Waals surface area (Å²) < 4.78 is 1.26. The number of hydrogen-bond donors (Lipinski definition) is 0. The Bertz CT molecular complexity index is 458. The van der Waals surface area contributed by atoms with E-state index in [4.69, 9.17) is 0 Å². The lowest BCUT2D eigenvalue weighted by Crippen LogP contribution is -2.43. The Morgan fingerprint density at radius 1 is 1.29 bits per heavy atom. The number of nitrogens with zero attached hydrogens (tertiary/aromatic N) is 2. The zero-order chi connectivity index (χ0) is 12.2. The Labute approximate surface area is 112 Å². The topological polar surface area (TPSA) is 6.48 Å². The summed E-state index contributed by atoms with van der Waals surface area (Å²) >= 11 is 3.73. The highest BCUT2D eigenvalue weighted by atomic mass is 79.9. The molecular formula is C14H19BrN2. The number of piperidine rings is 1. The van der Waals surface area contributed by atoms with Crippen molar-refractivity contribution in [2.24, 2.45) is 0 Å². The molecule has 2 aliphatic rings. The van der Waals surface area contributed by atoms with Crippen molar-refractivity contribution in [3.8, 4) is 0 Å². The predicted octanol–water partition coefficient (Wildman–Crippen LogP) is 3.00. The van der Waals surface area contributed by atoms with Crippen LogP contribution in [0.5, 0.6) is 0 Å². The number of hydrogen-bond acceptors (Lipinski definition) is 2. The molecule has 2 nitrogen and oxygen atoms in total. The highest BCUT2D eigenvalue weighted by Crippen LogP contribution is 2.47. The molecule has 0 bridgehead atoms. The second-order valence-corrected chi connectivity index (χ2v) is 6.37. The van der Waals surface area contributed by atoms with Gasteiger partial charge in [-0.3, -0.25) is 0 Å². The minimum absolute atomic E-state index is 0.685. The standard InChI is InChI=1S/C14H19BrN2/c1-9-6-10-11-8-16(2)5-4-13(11)17(3)14(10)12(15)7-9/h6-7,11,13H,4-5,8H2,1-3H3. The SMILES string of the molecule is Cc1cc(Br)c2c(c1)C1CN(C)CCC1N2C. The van der Waals surface area contributed by atoms with Gasteiger partial charge < -0.3 is 9.80 Å². The molecule has 2 aliphatic heterocycles. The Kier molecular flexibility index (Phi) is 2.71. The summed E-state index contributed by atoms with van der Waals surface area (Å²) in [5, 5.41) is 0. The van der Waals surface area contributed by atoms with Gasteiger partial charge in [0.15, 0.2) is 0 Å². The maximum absolute atomic E-state index is 3.73. The van der Waals surface area contributed by atoms with E-state index < -0.39 is 0 Å². The van der Waals surface area contributed by atoms with Crippen molar-refractivity contribution >= 4 is 21.6 Å². The number of anilines is 1. The molecule has 2 atom stereocenters. The normalized spacial score (nSPS) is 28.1. The number of fused-ring (bicyclic) bond motifs is 3. The summed E-state index contributed by atoms with van der Waals surface area (Å²) in [6, 6.07) is 5.30. The third-order valence-corrected chi connectivity index (χ3v) is 4.87. The van der Waals surface area contributed by atoms with E-state index in [1.807, 2.05) is 0 Å². The number of rotatable bonds is 0. The van der Waals surface area contributed by atoms with Gasteiger partial charge in [0.1, 0.15) is 0 Å². The summed E-state index contributed by atoms with van der Waals surface area (Å²) in [6.45, 7) is 4.60. The van der Waals surface area contributed by atoms with Gasteiger partial charge >= 0.3 is 0 Å². The van der Waals surface area contributed by atoms with Gasteiger partial charge in [0, 0.05) is 30.0 Å². The van der Waals surface area contributed by atoms with E-state index in [-0.39, 0.29) is 0 Å². The zero-order valence-electron chi connectivity index (χ0n) is 10.7. The fourth-order valence-corrected chi connectivity index (χ4v) is 4.32. The first-order valence-corrected chi connectivity index (χ1v) is 7.08. The Balaban J connectivity index is 2.10. The van der Waals surface area contributed by atoms with E-state index in [9.17, 15) is 0 Å². The summed E-state index contributed by atoms with van der Waals surface area (Å²) in [5.74, 6) is 0.685. The van der Waals surface area contributed by atoms with Crippen LogP contribution in [0.3, 0.4) is 0 Å². The molecule has 2 heterocycles. The van der Waals surface area contributed by atoms with Crippen molar-refractivity contribution in [1.82, 2.24) is 4.90 Å². The molecule has 0 saturated carbocycles. The molecular weight excluding hydrogens is 276 g/mol. The lowest BCUT2D eigenvalue weighted by atomic mass is 9.89. The van der Waals surface area contributed by atoms with Crippen molar-refractivity contribution in [1.29, 1.82) is 0 Å². The molecule has 0 N–H and O–H groups in total. The molecule has 0 radical (unpaired) electrons. The van der Waals surface area contributed by atoms with Crippen LogP contribution in [-0.2, 0) is 0 Å². The second-order valence-electron chi connectivity index (χ2n) is 5.52. The van der Waals surface area contributed by atoms with E-state index in [0.29, 0.717) is 12.0 Å². The molecule has 17 heavy (non-hydrogen) atoms. The third kappa shape index (κ3) is 1.71. The molecule has 0 amide bonds. The van der Waals surface area contributed by atoms with E-state index in [1.165, 1.54) is 40.8 Å². The van der Waals surface area contributed by atoms with Crippen LogP contribution in [-0.4, -0.2) is 38.1 Å². The van der Waals surface area contributed by atoms with E-state index >= 15 is 0 Å². The summed E-state index contributed by atoms with van der Waals surface area (Å²) in [6.07, 6.45) is 1.28. The molecule has 1 saturated heterocycles. The fraction of sp³-hybridized carbons (Fsp3) is 0.571. The van der Waals surface area contributed by atoms with Gasteiger partial charge in [-0.2, -0.15) is 0 Å². The van der Waals surface area contributed by atoms with E-state index in [2.05, 4.69) is 58.9 Å². The van der Waals surface area contributed by atoms with Crippen LogP contribution >= 0.6 is 15.9 Å². The monoisotopic (exact) mass is 294 g/mol. The lowest BCUT2D eigenvalue weighted by molar-refractivity contribution is 0.234.